The molecule has 3 rings (SSSR count). The molecular formula is C16H19NO3. The highest BCUT2D eigenvalue weighted by Gasteiger charge is 2.46. The van der Waals surface area contributed by atoms with Crippen molar-refractivity contribution in [3.63, 3.8) is 0 Å². The van der Waals surface area contributed by atoms with Crippen LogP contribution in [0.15, 0.2) is 30.3 Å². The number of carbonyl (C=O) groups is 2. The Morgan fingerprint density at radius 3 is 2.20 bits per heavy atom. The van der Waals surface area contributed by atoms with E-state index in [2.05, 4.69) is 5.32 Å². The Balaban J connectivity index is 1.73. The van der Waals surface area contributed by atoms with Crippen LogP contribution in [0, 0.1) is 11.8 Å². The minimum Gasteiger partial charge on any atom is -0.481 e. The SMILES string of the molecule is O=C(O)C1CCC1C(=O)NC1(c2ccccc2)CCC1. The quantitative estimate of drug-likeness (QED) is 0.884. The Morgan fingerprint density at radius 2 is 1.75 bits per heavy atom. The van der Waals surface area contributed by atoms with E-state index >= 15 is 0 Å². The second-order valence-electron chi connectivity index (χ2n) is 5.92. The zero-order valence-electron chi connectivity index (χ0n) is 11.3. The third-order valence-electron chi connectivity index (χ3n) is 4.82. The number of hydrogen-bond acceptors (Lipinski definition) is 2. The molecule has 0 radical (unpaired) electrons. The third kappa shape index (κ3) is 2.09. The molecular weight excluding hydrogens is 254 g/mol. The first-order chi connectivity index (χ1) is 9.62. The molecule has 0 heterocycles. The predicted molar refractivity (Wildman–Crippen MR) is 74.0 cm³/mol. The van der Waals surface area contributed by atoms with Gasteiger partial charge >= 0.3 is 5.97 Å². The van der Waals surface area contributed by atoms with Gasteiger partial charge in [0.25, 0.3) is 0 Å². The van der Waals surface area contributed by atoms with Crippen LogP contribution >= 0.6 is 0 Å². The van der Waals surface area contributed by atoms with Crippen LogP contribution in [0.5, 0.6) is 0 Å². The van der Waals surface area contributed by atoms with Crippen molar-refractivity contribution in [2.24, 2.45) is 11.8 Å². The van der Waals surface area contributed by atoms with Gasteiger partial charge in [-0.05, 0) is 37.7 Å². The van der Waals surface area contributed by atoms with Crippen LogP contribution in [0.4, 0.5) is 0 Å². The average molecular weight is 273 g/mol. The van der Waals surface area contributed by atoms with Gasteiger partial charge in [0.2, 0.25) is 5.91 Å². The molecule has 4 heteroatoms. The molecule has 20 heavy (non-hydrogen) atoms. The maximum atomic E-state index is 12.3. The summed E-state index contributed by atoms with van der Waals surface area (Å²) in [6.07, 6.45) is 4.28. The molecule has 0 bridgehead atoms. The van der Waals surface area contributed by atoms with Crippen LogP contribution in [-0.2, 0) is 15.1 Å². The first-order valence-electron chi connectivity index (χ1n) is 7.23. The van der Waals surface area contributed by atoms with Crippen molar-refractivity contribution in [2.45, 2.75) is 37.6 Å². The van der Waals surface area contributed by atoms with E-state index in [9.17, 15) is 9.59 Å². The van der Waals surface area contributed by atoms with E-state index in [0.717, 1.165) is 24.8 Å². The van der Waals surface area contributed by atoms with E-state index in [0.29, 0.717) is 12.8 Å². The normalized spacial score (nSPS) is 27.0. The van der Waals surface area contributed by atoms with Crippen molar-refractivity contribution in [2.75, 3.05) is 0 Å². The molecule has 2 aliphatic rings. The van der Waals surface area contributed by atoms with Gasteiger partial charge in [-0.15, -0.1) is 0 Å². The number of carbonyl (C=O) groups excluding carboxylic acids is 1. The fourth-order valence-corrected chi connectivity index (χ4v) is 3.21. The van der Waals surface area contributed by atoms with Crippen molar-refractivity contribution in [1.82, 2.24) is 5.32 Å². The highest BCUT2D eigenvalue weighted by atomic mass is 16.4. The maximum absolute atomic E-state index is 12.3. The summed E-state index contributed by atoms with van der Waals surface area (Å²) in [7, 11) is 0. The minimum atomic E-state index is -0.848. The fraction of sp³-hybridized carbons (Fsp3) is 0.500. The van der Waals surface area contributed by atoms with Crippen molar-refractivity contribution in [1.29, 1.82) is 0 Å². The summed E-state index contributed by atoms with van der Waals surface area (Å²) in [6, 6.07) is 9.99. The Morgan fingerprint density at radius 1 is 1.10 bits per heavy atom. The molecule has 0 spiro atoms. The van der Waals surface area contributed by atoms with Crippen LogP contribution < -0.4 is 5.32 Å². The number of aliphatic carboxylic acids is 1. The summed E-state index contributed by atoms with van der Waals surface area (Å²) < 4.78 is 0. The largest absolute Gasteiger partial charge is 0.481 e. The zero-order valence-corrected chi connectivity index (χ0v) is 11.3. The lowest BCUT2D eigenvalue weighted by atomic mass is 9.69. The lowest BCUT2D eigenvalue weighted by molar-refractivity contribution is -0.153. The van der Waals surface area contributed by atoms with Gasteiger partial charge in [0.05, 0.1) is 17.4 Å². The Kier molecular flexibility index (Phi) is 3.24. The van der Waals surface area contributed by atoms with Crippen LogP contribution in [0.1, 0.15) is 37.7 Å². The van der Waals surface area contributed by atoms with Crippen LogP contribution in [-0.4, -0.2) is 17.0 Å². The summed E-state index contributed by atoms with van der Waals surface area (Å²) in [5.41, 5.74) is 0.863. The molecule has 2 fully saturated rings. The fourth-order valence-electron chi connectivity index (χ4n) is 3.21. The van der Waals surface area contributed by atoms with Crippen LogP contribution in [0.2, 0.25) is 0 Å². The summed E-state index contributed by atoms with van der Waals surface area (Å²) in [5, 5.41) is 12.2. The molecule has 4 nitrogen and oxygen atoms in total. The highest BCUT2D eigenvalue weighted by Crippen LogP contribution is 2.43. The number of benzene rings is 1. The van der Waals surface area contributed by atoms with Gasteiger partial charge in [0, 0.05) is 0 Å². The molecule has 2 saturated carbocycles. The molecule has 106 valence electrons. The zero-order chi connectivity index (χ0) is 14.2. The molecule has 0 aromatic heterocycles. The van der Waals surface area contributed by atoms with Crippen molar-refractivity contribution in [3.8, 4) is 0 Å². The first-order valence-corrected chi connectivity index (χ1v) is 7.23. The predicted octanol–water partition coefficient (Wildman–Crippen LogP) is 2.29. The summed E-state index contributed by atoms with van der Waals surface area (Å²) in [5.74, 6) is -1.79. The topological polar surface area (TPSA) is 66.4 Å². The lowest BCUT2D eigenvalue weighted by Gasteiger charge is -2.45. The van der Waals surface area contributed by atoms with E-state index in [1.54, 1.807) is 0 Å². The standard InChI is InChI=1S/C16H19NO3/c18-14(12-7-8-13(12)15(19)20)17-16(9-4-10-16)11-5-2-1-3-6-11/h1-3,5-6,12-13H,4,7-10H2,(H,17,18)(H,19,20). The summed E-state index contributed by atoms with van der Waals surface area (Å²) in [4.78, 5) is 23.4. The number of hydrogen-bond donors (Lipinski definition) is 2. The van der Waals surface area contributed by atoms with E-state index < -0.39 is 11.9 Å². The van der Waals surface area contributed by atoms with Crippen molar-refractivity contribution < 1.29 is 14.7 Å². The molecule has 2 aliphatic carbocycles. The van der Waals surface area contributed by atoms with E-state index in [-0.39, 0.29) is 17.4 Å². The second-order valence-corrected chi connectivity index (χ2v) is 5.92. The molecule has 2 atom stereocenters. The van der Waals surface area contributed by atoms with Crippen LogP contribution in [0.3, 0.4) is 0 Å². The highest BCUT2D eigenvalue weighted by molar-refractivity contribution is 5.87. The van der Waals surface area contributed by atoms with Crippen LogP contribution in [0.25, 0.3) is 0 Å². The second kappa shape index (κ2) is 4.93. The molecule has 0 aliphatic heterocycles. The number of carboxylic acid groups (broad SMARTS) is 1. The molecule has 1 aromatic carbocycles. The smallest absolute Gasteiger partial charge is 0.307 e. The van der Waals surface area contributed by atoms with Crippen molar-refractivity contribution >= 4 is 11.9 Å². The number of rotatable bonds is 4. The Bertz CT molecular complexity index is 522. The number of amides is 1. The van der Waals surface area contributed by atoms with Gasteiger partial charge in [-0.2, -0.15) is 0 Å². The first kappa shape index (κ1) is 13.2. The summed E-state index contributed by atoms with van der Waals surface area (Å²) >= 11 is 0. The maximum Gasteiger partial charge on any atom is 0.307 e. The Hall–Kier alpha value is -1.84. The molecule has 0 saturated heterocycles. The van der Waals surface area contributed by atoms with E-state index in [1.165, 1.54) is 0 Å². The number of nitrogens with one attached hydrogen (secondary N) is 1. The van der Waals surface area contributed by atoms with Crippen molar-refractivity contribution in [3.05, 3.63) is 35.9 Å². The monoisotopic (exact) mass is 273 g/mol. The number of carboxylic acids is 1. The lowest BCUT2D eigenvalue weighted by Crippen LogP contribution is -2.55. The van der Waals surface area contributed by atoms with Gasteiger partial charge in [-0.1, -0.05) is 30.3 Å². The molecule has 2 N–H and O–H groups in total. The van der Waals surface area contributed by atoms with Gasteiger partial charge in [-0.3, -0.25) is 9.59 Å². The Labute approximate surface area is 118 Å². The van der Waals surface area contributed by atoms with E-state index in [4.69, 9.17) is 5.11 Å². The minimum absolute atomic E-state index is 0.0906. The molecule has 2 unspecified atom stereocenters. The van der Waals surface area contributed by atoms with E-state index in [1.807, 2.05) is 30.3 Å². The van der Waals surface area contributed by atoms with Gasteiger partial charge in [0.15, 0.2) is 0 Å². The summed E-state index contributed by atoms with van der Waals surface area (Å²) in [6.45, 7) is 0. The van der Waals surface area contributed by atoms with Gasteiger partial charge in [0.1, 0.15) is 0 Å². The van der Waals surface area contributed by atoms with Gasteiger partial charge < -0.3 is 10.4 Å². The van der Waals surface area contributed by atoms with Gasteiger partial charge in [-0.25, -0.2) is 0 Å². The molecule has 1 amide bonds. The molecule has 1 aromatic rings. The average Bonchev–Trinajstić information content (AvgIpc) is 2.32. The third-order valence-corrected chi connectivity index (χ3v) is 4.82.